The Labute approximate surface area is 133 Å². The third kappa shape index (κ3) is 4.40. The Bertz CT molecular complexity index is 679. The van der Waals surface area contributed by atoms with Crippen LogP contribution < -0.4 is 16.2 Å². The van der Waals surface area contributed by atoms with Crippen LogP contribution in [0.25, 0.3) is 0 Å². The van der Waals surface area contributed by atoms with Crippen molar-refractivity contribution in [1.82, 2.24) is 21.0 Å². The molecule has 3 N–H and O–H groups in total. The van der Waals surface area contributed by atoms with Crippen LogP contribution in [0.5, 0.6) is 0 Å². The van der Waals surface area contributed by atoms with E-state index in [1.54, 1.807) is 7.05 Å². The van der Waals surface area contributed by atoms with E-state index >= 15 is 0 Å². The van der Waals surface area contributed by atoms with Gasteiger partial charge in [0.1, 0.15) is 5.82 Å². The van der Waals surface area contributed by atoms with Gasteiger partial charge >= 0.3 is 0 Å². The predicted molar refractivity (Wildman–Crippen MR) is 82.2 cm³/mol. The highest BCUT2D eigenvalue weighted by Crippen LogP contribution is 2.24. The van der Waals surface area contributed by atoms with Crippen LogP contribution in [0.4, 0.5) is 9.52 Å². The van der Waals surface area contributed by atoms with Gasteiger partial charge in [0.25, 0.3) is 5.91 Å². The monoisotopic (exact) mass is 341 g/mol. The molecule has 10 heteroatoms. The number of rotatable bonds is 5. The van der Waals surface area contributed by atoms with Gasteiger partial charge in [-0.15, -0.1) is 10.2 Å². The number of carbonyl (C=O) groups excluding carboxylic acids is 2. The van der Waals surface area contributed by atoms with E-state index in [4.69, 9.17) is 0 Å². The van der Waals surface area contributed by atoms with Crippen molar-refractivity contribution in [3.63, 3.8) is 0 Å². The quantitative estimate of drug-likeness (QED) is 0.560. The number of amides is 2. The molecular formula is C12H12FN5O2S2. The molecular weight excluding hydrogens is 329 g/mol. The van der Waals surface area contributed by atoms with Crippen molar-refractivity contribution in [3.05, 3.63) is 35.6 Å². The highest BCUT2D eigenvalue weighted by Gasteiger charge is 2.12. The van der Waals surface area contributed by atoms with Crippen LogP contribution in [0.2, 0.25) is 0 Å². The zero-order valence-corrected chi connectivity index (χ0v) is 13.1. The minimum absolute atomic E-state index is 0.0515. The first-order valence-corrected chi connectivity index (χ1v) is 7.88. The maximum atomic E-state index is 13.4. The highest BCUT2D eigenvalue weighted by atomic mass is 32.2. The van der Waals surface area contributed by atoms with Gasteiger partial charge in [-0.1, -0.05) is 35.2 Å². The molecule has 2 aromatic rings. The Morgan fingerprint density at radius 2 is 2.05 bits per heavy atom. The maximum Gasteiger partial charge on any atom is 0.272 e. The third-order valence-electron chi connectivity index (χ3n) is 2.38. The van der Waals surface area contributed by atoms with Crippen LogP contribution >= 0.6 is 23.1 Å². The first-order chi connectivity index (χ1) is 10.6. The lowest BCUT2D eigenvalue weighted by atomic mass is 10.2. The lowest BCUT2D eigenvalue weighted by molar-refractivity contribution is -0.119. The summed E-state index contributed by atoms with van der Waals surface area (Å²) in [5, 5.41) is 11.2. The summed E-state index contributed by atoms with van der Waals surface area (Å²) in [6.45, 7) is 0. The normalized spacial score (nSPS) is 10.1. The van der Waals surface area contributed by atoms with E-state index in [0.717, 1.165) is 0 Å². The molecule has 2 amide bonds. The third-order valence-corrected chi connectivity index (χ3v) is 4.46. The summed E-state index contributed by atoms with van der Waals surface area (Å²) in [5.74, 6) is -1.76. The number of benzene rings is 1. The fraction of sp³-hybridized carbons (Fsp3) is 0.167. The van der Waals surface area contributed by atoms with Crippen LogP contribution in [0.15, 0.2) is 28.6 Å². The fourth-order valence-electron chi connectivity index (χ4n) is 1.37. The number of nitrogens with zero attached hydrogens (tertiary/aromatic N) is 2. The molecule has 0 fully saturated rings. The molecule has 0 saturated heterocycles. The number of aromatic nitrogens is 2. The van der Waals surface area contributed by atoms with Gasteiger partial charge in [-0.25, -0.2) is 4.39 Å². The van der Waals surface area contributed by atoms with Crippen LogP contribution in [0.1, 0.15) is 10.4 Å². The first-order valence-electron chi connectivity index (χ1n) is 6.08. The van der Waals surface area contributed by atoms with Crippen molar-refractivity contribution in [2.24, 2.45) is 0 Å². The molecule has 0 aliphatic rings. The maximum absolute atomic E-state index is 13.4. The van der Waals surface area contributed by atoms with Gasteiger partial charge in [-0.3, -0.25) is 20.4 Å². The minimum atomic E-state index is -0.718. The molecule has 1 aromatic carbocycles. The van der Waals surface area contributed by atoms with Crippen molar-refractivity contribution >= 4 is 40.0 Å². The Kier molecular flexibility index (Phi) is 5.67. The van der Waals surface area contributed by atoms with Crippen molar-refractivity contribution in [3.8, 4) is 0 Å². The van der Waals surface area contributed by atoms with E-state index in [9.17, 15) is 14.0 Å². The number of anilines is 1. The number of carbonyl (C=O) groups is 2. The highest BCUT2D eigenvalue weighted by molar-refractivity contribution is 8.01. The fourth-order valence-corrected chi connectivity index (χ4v) is 2.88. The summed E-state index contributed by atoms with van der Waals surface area (Å²) in [6.07, 6.45) is 0. The zero-order chi connectivity index (χ0) is 15.9. The largest absolute Gasteiger partial charge is 0.363 e. The minimum Gasteiger partial charge on any atom is -0.363 e. The summed E-state index contributed by atoms with van der Waals surface area (Å²) in [6, 6.07) is 5.50. The summed E-state index contributed by atoms with van der Waals surface area (Å²) in [5.41, 5.74) is 4.23. The average molecular weight is 341 g/mol. The van der Waals surface area contributed by atoms with E-state index in [1.165, 1.54) is 47.4 Å². The lowest BCUT2D eigenvalue weighted by Gasteiger charge is -2.07. The molecule has 1 heterocycles. The van der Waals surface area contributed by atoms with Crippen molar-refractivity contribution < 1.29 is 14.0 Å². The number of hydrazine groups is 1. The van der Waals surface area contributed by atoms with E-state index < -0.39 is 17.6 Å². The topological polar surface area (TPSA) is 96.0 Å². The van der Waals surface area contributed by atoms with E-state index in [-0.39, 0.29) is 11.3 Å². The van der Waals surface area contributed by atoms with Crippen LogP contribution in [0, 0.1) is 5.82 Å². The second kappa shape index (κ2) is 7.71. The summed E-state index contributed by atoms with van der Waals surface area (Å²) in [4.78, 5) is 23.3. The van der Waals surface area contributed by atoms with Gasteiger partial charge in [-0.05, 0) is 12.1 Å². The molecule has 2 rings (SSSR count). The van der Waals surface area contributed by atoms with Gasteiger partial charge in [-0.2, -0.15) is 0 Å². The molecule has 1 aromatic heterocycles. The second-order valence-corrected chi connectivity index (χ2v) is 6.09. The Morgan fingerprint density at radius 1 is 1.27 bits per heavy atom. The molecule has 22 heavy (non-hydrogen) atoms. The number of nitrogens with one attached hydrogen (secondary N) is 3. The molecule has 0 atom stereocenters. The Hall–Kier alpha value is -2.20. The number of halogens is 1. The molecule has 0 saturated carbocycles. The number of thioether (sulfide) groups is 1. The molecule has 7 nitrogen and oxygen atoms in total. The summed E-state index contributed by atoms with van der Waals surface area (Å²) >= 11 is 2.49. The van der Waals surface area contributed by atoms with Crippen molar-refractivity contribution in [2.45, 2.75) is 4.34 Å². The summed E-state index contributed by atoms with van der Waals surface area (Å²) < 4.78 is 14.0. The van der Waals surface area contributed by atoms with Gasteiger partial charge in [0.2, 0.25) is 11.0 Å². The molecule has 116 valence electrons. The Balaban J connectivity index is 1.78. The summed E-state index contributed by atoms with van der Waals surface area (Å²) in [7, 11) is 1.72. The molecule has 0 spiro atoms. The first kappa shape index (κ1) is 16.2. The van der Waals surface area contributed by atoms with E-state index in [2.05, 4.69) is 26.4 Å². The van der Waals surface area contributed by atoms with Gasteiger partial charge in [0.05, 0.1) is 11.3 Å². The van der Waals surface area contributed by atoms with Gasteiger partial charge in [0, 0.05) is 7.05 Å². The predicted octanol–water partition coefficient (Wildman–Crippen LogP) is 1.27. The molecule has 0 radical (unpaired) electrons. The van der Waals surface area contributed by atoms with Crippen LogP contribution in [-0.2, 0) is 4.79 Å². The van der Waals surface area contributed by atoms with E-state index in [0.29, 0.717) is 9.47 Å². The smallest absolute Gasteiger partial charge is 0.272 e. The Morgan fingerprint density at radius 3 is 2.73 bits per heavy atom. The second-order valence-electron chi connectivity index (χ2n) is 3.89. The standard InChI is InChI=1S/C12H12FN5O2S2/c1-14-11-17-18-12(22-11)21-6-9(19)15-16-10(20)7-4-2-3-5-8(7)13/h2-5H,6H2,1H3,(H,14,17)(H,15,19)(H,16,20). The molecule has 0 aliphatic carbocycles. The number of hydrogen-bond donors (Lipinski definition) is 3. The van der Waals surface area contributed by atoms with Crippen molar-refractivity contribution in [1.29, 1.82) is 0 Å². The van der Waals surface area contributed by atoms with E-state index in [1.807, 2.05) is 0 Å². The zero-order valence-electron chi connectivity index (χ0n) is 11.4. The van der Waals surface area contributed by atoms with Crippen LogP contribution in [-0.4, -0.2) is 34.8 Å². The van der Waals surface area contributed by atoms with Crippen molar-refractivity contribution in [2.75, 3.05) is 18.1 Å². The van der Waals surface area contributed by atoms with Gasteiger partial charge in [0.15, 0.2) is 4.34 Å². The van der Waals surface area contributed by atoms with Crippen LogP contribution in [0.3, 0.4) is 0 Å². The number of hydrogen-bond acceptors (Lipinski definition) is 7. The van der Waals surface area contributed by atoms with Gasteiger partial charge < -0.3 is 5.32 Å². The molecule has 0 aliphatic heterocycles. The SMILES string of the molecule is CNc1nnc(SCC(=O)NNC(=O)c2ccccc2F)s1. The lowest BCUT2D eigenvalue weighted by Crippen LogP contribution is -2.42. The molecule has 0 bridgehead atoms. The average Bonchev–Trinajstić information content (AvgIpc) is 2.99. The molecule has 0 unspecified atom stereocenters.